The third-order valence-corrected chi connectivity index (χ3v) is 28.0. The van der Waals surface area contributed by atoms with E-state index in [0.717, 1.165) is 19.4 Å². The molecule has 0 radical (unpaired) electrons. The molecule has 0 amide bonds. The Hall–Kier alpha value is 0.892. The first-order valence-corrected chi connectivity index (χ1v) is 29.2. The second kappa shape index (κ2) is 19.0. The van der Waals surface area contributed by atoms with Gasteiger partial charge in [-0.2, -0.15) is 0 Å². The average Bonchev–Trinajstić information content (AvgIpc) is 2.83. The van der Waals surface area contributed by atoms with Crippen molar-refractivity contribution in [3.05, 3.63) is 10.2 Å². The van der Waals surface area contributed by atoms with Gasteiger partial charge in [0.25, 0.3) is 0 Å². The molecule has 0 saturated carbocycles. The Kier molecular flexibility index (Phi) is 19.5. The Morgan fingerprint density at radius 1 is 0.686 bits per heavy atom. The van der Waals surface area contributed by atoms with Crippen LogP contribution in [0.3, 0.4) is 0 Å². The van der Waals surface area contributed by atoms with Crippen LogP contribution in [0.5, 0.6) is 0 Å². The van der Waals surface area contributed by atoms with Crippen LogP contribution in [0.15, 0.2) is 10.2 Å². The van der Waals surface area contributed by atoms with Crippen molar-refractivity contribution in [2.24, 2.45) is 0 Å². The summed E-state index contributed by atoms with van der Waals surface area (Å²) in [5, 5.41) is 0. The molecule has 210 valence electrons. The van der Waals surface area contributed by atoms with Crippen LogP contribution in [-0.2, 0) is 8.85 Å². The Balaban J connectivity index is 6.10. The number of hydrogen-bond acceptors (Lipinski definition) is 2. The predicted octanol–water partition coefficient (Wildman–Crippen LogP) is 11.1. The number of hydrogen-bond donors (Lipinski definition) is 0. The Morgan fingerprint density at radius 3 is 1.51 bits per heavy atom. The van der Waals surface area contributed by atoms with Crippen molar-refractivity contribution < 1.29 is 8.85 Å². The van der Waals surface area contributed by atoms with E-state index >= 15 is 0 Å². The molecule has 0 rings (SSSR count). The van der Waals surface area contributed by atoms with E-state index < -0.39 is 35.0 Å². The van der Waals surface area contributed by atoms with Gasteiger partial charge in [0.05, 0.1) is 0 Å². The van der Waals surface area contributed by atoms with Crippen molar-refractivity contribution in [3.63, 3.8) is 0 Å². The van der Waals surface area contributed by atoms with Crippen molar-refractivity contribution in [2.75, 3.05) is 6.61 Å². The molecule has 0 spiro atoms. The minimum absolute atomic E-state index is 0.132. The summed E-state index contributed by atoms with van der Waals surface area (Å²) >= 11 is -2.28. The first-order chi connectivity index (χ1) is 16.5. The van der Waals surface area contributed by atoms with Crippen molar-refractivity contribution in [1.29, 1.82) is 0 Å². The zero-order chi connectivity index (χ0) is 26.8. The second-order valence-electron chi connectivity index (χ2n) is 12.3. The van der Waals surface area contributed by atoms with Gasteiger partial charge < -0.3 is 0 Å². The van der Waals surface area contributed by atoms with Crippen molar-refractivity contribution in [3.8, 4) is 0 Å². The van der Waals surface area contributed by atoms with Gasteiger partial charge in [0, 0.05) is 0 Å². The molecular formula is C30H66O2Si2Sn. The summed E-state index contributed by atoms with van der Waals surface area (Å²) in [7, 11) is -3.36. The van der Waals surface area contributed by atoms with Gasteiger partial charge >= 0.3 is 230 Å². The van der Waals surface area contributed by atoms with Gasteiger partial charge in [0.15, 0.2) is 0 Å². The molecular weight excluding hydrogens is 567 g/mol. The van der Waals surface area contributed by atoms with E-state index in [9.17, 15) is 0 Å². The fourth-order valence-corrected chi connectivity index (χ4v) is 24.2. The van der Waals surface area contributed by atoms with Crippen LogP contribution in [0.25, 0.3) is 0 Å². The molecule has 0 fully saturated rings. The van der Waals surface area contributed by atoms with Crippen LogP contribution in [0, 0.1) is 0 Å². The van der Waals surface area contributed by atoms with Crippen LogP contribution < -0.4 is 0 Å². The molecule has 35 heavy (non-hydrogen) atoms. The van der Waals surface area contributed by atoms with Crippen LogP contribution in [0.4, 0.5) is 0 Å². The monoisotopic (exact) mass is 634 g/mol. The Bertz CT molecular complexity index is 513. The zero-order valence-corrected chi connectivity index (χ0v) is 30.8. The molecule has 0 heterocycles. The summed E-state index contributed by atoms with van der Waals surface area (Å²) in [5.74, 6) is 0. The fraction of sp³-hybridized carbons (Fsp3) is 0.933. The van der Waals surface area contributed by atoms with E-state index in [1.165, 1.54) is 69.5 Å². The molecule has 0 saturated heterocycles. The third-order valence-electron chi connectivity index (χ3n) is 8.13. The van der Waals surface area contributed by atoms with E-state index in [4.69, 9.17) is 8.85 Å². The molecule has 0 aromatic heterocycles. The number of rotatable bonds is 23. The topological polar surface area (TPSA) is 18.5 Å². The molecule has 0 N–H and O–H groups in total. The maximum absolute atomic E-state index is 7.12. The van der Waals surface area contributed by atoms with Crippen LogP contribution in [0.1, 0.15) is 113 Å². The van der Waals surface area contributed by atoms with E-state index in [-0.39, 0.29) is 5.60 Å². The standard InChI is InChI=1S/C18H39O2Si2.3C4H9.Sn/c1-9-14-16-18(15-10-2,20-21(6,7)8)17-19-22(11-3,12-4)13-5;3*1-3-4-2;/h2,10H,9,11-17H2,1,3-8H3;3*1,3-4H2,2H3;. The molecule has 0 aliphatic rings. The first kappa shape index (κ1) is 35.9. The predicted molar refractivity (Wildman–Crippen MR) is 168 cm³/mol. The van der Waals surface area contributed by atoms with E-state index in [2.05, 4.69) is 78.3 Å². The van der Waals surface area contributed by atoms with Gasteiger partial charge in [-0.05, 0) is 0 Å². The van der Waals surface area contributed by atoms with Gasteiger partial charge in [0.1, 0.15) is 0 Å². The molecule has 0 aliphatic carbocycles. The molecule has 1 atom stereocenters. The molecule has 0 aromatic carbocycles. The maximum atomic E-state index is 7.12. The molecule has 0 aliphatic heterocycles. The van der Waals surface area contributed by atoms with Gasteiger partial charge in [-0.25, -0.2) is 0 Å². The van der Waals surface area contributed by atoms with Crippen molar-refractivity contribution >= 4 is 35.0 Å². The summed E-state index contributed by atoms with van der Waals surface area (Å²) < 4.78 is 21.6. The summed E-state index contributed by atoms with van der Waals surface area (Å²) in [6.45, 7) is 24.4. The summed E-state index contributed by atoms with van der Waals surface area (Å²) in [5.41, 5.74) is -0.132. The minimum atomic E-state index is -2.28. The van der Waals surface area contributed by atoms with Crippen LogP contribution in [-0.4, -0.2) is 47.2 Å². The van der Waals surface area contributed by atoms with E-state index in [1.54, 1.807) is 13.3 Å². The van der Waals surface area contributed by atoms with Crippen molar-refractivity contribution in [2.45, 2.75) is 169 Å². The normalized spacial score (nSPS) is 15.1. The first-order valence-electron chi connectivity index (χ1n) is 15.6. The molecule has 2 nitrogen and oxygen atoms in total. The second-order valence-corrected chi connectivity index (χ2v) is 34.5. The molecule has 1 unspecified atom stereocenters. The van der Waals surface area contributed by atoms with Crippen LogP contribution in [0.2, 0.25) is 51.1 Å². The Labute approximate surface area is 228 Å². The van der Waals surface area contributed by atoms with Crippen molar-refractivity contribution in [1.82, 2.24) is 0 Å². The number of unbranched alkanes of at least 4 members (excludes halogenated alkanes) is 4. The summed E-state index contributed by atoms with van der Waals surface area (Å²) in [6.07, 6.45) is 15.6. The zero-order valence-electron chi connectivity index (χ0n) is 26.0. The third kappa shape index (κ3) is 14.6. The van der Waals surface area contributed by atoms with Gasteiger partial charge in [-0.15, -0.1) is 0 Å². The Morgan fingerprint density at radius 2 is 1.14 bits per heavy atom. The molecule has 0 aromatic rings. The van der Waals surface area contributed by atoms with Gasteiger partial charge in [0.2, 0.25) is 0 Å². The quantitative estimate of drug-likeness (QED) is 0.104. The van der Waals surface area contributed by atoms with Gasteiger partial charge in [-0.3, -0.25) is 0 Å². The summed E-state index contributed by atoms with van der Waals surface area (Å²) in [4.78, 5) is 0. The SMILES string of the molecule is CCCCC(CC=[CH][Sn]([CH2]CCC)([CH2]CCC)[CH2]CCC)(CO[Si](CC)(CC)CC)O[Si](C)(C)C. The van der Waals surface area contributed by atoms with E-state index in [0.29, 0.717) is 0 Å². The molecule has 5 heteroatoms. The average molecular weight is 634 g/mol. The fourth-order valence-electron chi connectivity index (χ4n) is 5.58. The van der Waals surface area contributed by atoms with Crippen LogP contribution >= 0.6 is 0 Å². The molecule has 0 bridgehead atoms. The summed E-state index contributed by atoms with van der Waals surface area (Å²) in [6, 6.07) is 3.66. The van der Waals surface area contributed by atoms with E-state index in [1.807, 2.05) is 0 Å². The van der Waals surface area contributed by atoms with Gasteiger partial charge in [-0.1, -0.05) is 0 Å².